The third-order valence-corrected chi connectivity index (χ3v) is 8.02. The van der Waals surface area contributed by atoms with Crippen molar-refractivity contribution in [3.63, 3.8) is 0 Å². The number of carbonyl (C=O) groups is 2. The van der Waals surface area contributed by atoms with Crippen LogP contribution in [0.1, 0.15) is 47.3 Å². The van der Waals surface area contributed by atoms with Gasteiger partial charge in [-0.05, 0) is 87.2 Å². The van der Waals surface area contributed by atoms with E-state index in [9.17, 15) is 9.59 Å². The van der Waals surface area contributed by atoms with Gasteiger partial charge in [0.25, 0.3) is 5.91 Å². The van der Waals surface area contributed by atoms with E-state index in [2.05, 4.69) is 56.4 Å². The fraction of sp³-hybridized carbons (Fsp3) is 0.314. The Balaban J connectivity index is 1.37. The Morgan fingerprint density at radius 2 is 1.64 bits per heavy atom. The molecule has 2 amide bonds. The molecule has 10 nitrogen and oxygen atoms in total. The van der Waals surface area contributed by atoms with Gasteiger partial charge in [-0.1, -0.05) is 30.3 Å². The highest BCUT2D eigenvalue weighted by Crippen LogP contribution is 2.29. The van der Waals surface area contributed by atoms with E-state index in [-0.39, 0.29) is 35.6 Å². The van der Waals surface area contributed by atoms with Crippen LogP contribution in [0.4, 0.5) is 23.0 Å². The Labute approximate surface area is 264 Å². The number of ether oxygens (including phenoxy) is 1. The summed E-state index contributed by atoms with van der Waals surface area (Å²) in [6.07, 6.45) is 2.17. The number of benzene rings is 3. The predicted molar refractivity (Wildman–Crippen MR) is 179 cm³/mol. The molecule has 2 heterocycles. The molecule has 1 aromatic heterocycles. The molecule has 5 rings (SSSR count). The Morgan fingerprint density at radius 1 is 0.956 bits per heavy atom. The first kappa shape index (κ1) is 31.5. The third-order valence-electron chi connectivity index (χ3n) is 8.02. The van der Waals surface area contributed by atoms with Gasteiger partial charge in [0.1, 0.15) is 11.3 Å². The predicted octanol–water partition coefficient (Wildman–Crippen LogP) is 5.83. The van der Waals surface area contributed by atoms with Crippen molar-refractivity contribution in [1.29, 1.82) is 0 Å². The van der Waals surface area contributed by atoms with Crippen LogP contribution >= 0.6 is 0 Å². The molecule has 0 saturated carbocycles. The van der Waals surface area contributed by atoms with Crippen molar-refractivity contribution >= 4 is 34.8 Å². The lowest BCUT2D eigenvalue weighted by Gasteiger charge is -2.38. The number of amides is 2. The van der Waals surface area contributed by atoms with E-state index in [1.165, 1.54) is 11.9 Å². The average Bonchev–Trinajstić information content (AvgIpc) is 3.02. The van der Waals surface area contributed by atoms with Crippen LogP contribution in [0.15, 0.2) is 72.9 Å². The van der Waals surface area contributed by atoms with Crippen molar-refractivity contribution in [2.45, 2.75) is 46.6 Å². The maximum Gasteiger partial charge on any atom is 0.262 e. The summed E-state index contributed by atoms with van der Waals surface area (Å²) in [6, 6.07) is 21.9. The quantitative estimate of drug-likeness (QED) is 0.195. The number of aromatic nitrogens is 2. The molecule has 1 fully saturated rings. The molecular formula is C35H41N7O3. The molecule has 3 aromatic carbocycles. The molecule has 0 spiro atoms. The van der Waals surface area contributed by atoms with Gasteiger partial charge < -0.3 is 26.0 Å². The third kappa shape index (κ3) is 8.16. The van der Waals surface area contributed by atoms with E-state index in [1.54, 1.807) is 6.07 Å². The monoisotopic (exact) mass is 607 g/mol. The number of para-hydroxylation sites is 1. The van der Waals surface area contributed by atoms with Crippen molar-refractivity contribution < 1.29 is 14.3 Å². The zero-order chi connectivity index (χ0) is 31.9. The molecule has 0 unspecified atom stereocenters. The van der Waals surface area contributed by atoms with Crippen molar-refractivity contribution in [1.82, 2.24) is 14.9 Å². The molecule has 0 radical (unpaired) electrons. The molecule has 10 heteroatoms. The molecule has 0 atom stereocenters. The second kappa shape index (κ2) is 14.2. The molecule has 0 aliphatic carbocycles. The number of piperazine rings is 1. The number of nitrogens with one attached hydrogen (secondary N) is 2. The number of anilines is 4. The summed E-state index contributed by atoms with van der Waals surface area (Å²) in [6.45, 7) is 12.4. The van der Waals surface area contributed by atoms with Crippen LogP contribution in [0.2, 0.25) is 0 Å². The standard InChI is InChI=1S/C35H41N7O3/c1-23(2)41-17-19-42(20-18-41)28-14-12-27(13-15-28)38-35-37-22-30(33(44)39-32-24(3)7-5-8-25(32)4)34(40-35)45-29-10-6-9-26(21-29)11-16-31(36)43/h5-10,12-15,21-23H,11,16-20H2,1-4H3,(H2,36,43)(H,39,44)(H,37,38,40). The summed E-state index contributed by atoms with van der Waals surface area (Å²) < 4.78 is 6.20. The number of rotatable bonds is 11. The number of aryl methyl sites for hydroxylation is 3. The average molecular weight is 608 g/mol. The number of hydrogen-bond donors (Lipinski definition) is 3. The first-order valence-electron chi connectivity index (χ1n) is 15.3. The van der Waals surface area contributed by atoms with Crippen molar-refractivity contribution in [3.8, 4) is 11.6 Å². The van der Waals surface area contributed by atoms with Gasteiger partial charge in [-0.25, -0.2) is 4.98 Å². The number of nitrogens with zero attached hydrogens (tertiary/aromatic N) is 4. The van der Waals surface area contributed by atoms with Crippen molar-refractivity contribution in [2.75, 3.05) is 41.7 Å². The number of carbonyl (C=O) groups excluding carboxylic acids is 2. The van der Waals surface area contributed by atoms with E-state index in [4.69, 9.17) is 10.5 Å². The van der Waals surface area contributed by atoms with Crippen molar-refractivity contribution in [3.05, 3.63) is 95.2 Å². The molecule has 1 aliphatic rings. The van der Waals surface area contributed by atoms with E-state index < -0.39 is 0 Å². The topological polar surface area (TPSA) is 126 Å². The molecule has 0 bridgehead atoms. The second-order valence-corrected chi connectivity index (χ2v) is 11.6. The van der Waals surface area contributed by atoms with Gasteiger partial charge in [0.15, 0.2) is 0 Å². The van der Waals surface area contributed by atoms with Gasteiger partial charge in [-0.2, -0.15) is 4.98 Å². The molecule has 45 heavy (non-hydrogen) atoms. The molecule has 4 N–H and O–H groups in total. The summed E-state index contributed by atoms with van der Waals surface area (Å²) >= 11 is 0. The van der Waals surface area contributed by atoms with Crippen molar-refractivity contribution in [2.24, 2.45) is 5.73 Å². The minimum Gasteiger partial charge on any atom is -0.438 e. The number of primary amides is 1. The van der Waals surface area contributed by atoms with Gasteiger partial charge >= 0.3 is 0 Å². The van der Waals surface area contributed by atoms with Crippen LogP contribution in [0.5, 0.6) is 11.6 Å². The summed E-state index contributed by atoms with van der Waals surface area (Å²) in [5, 5.41) is 6.25. The maximum atomic E-state index is 13.5. The number of hydrogen-bond acceptors (Lipinski definition) is 8. The van der Waals surface area contributed by atoms with Crippen LogP contribution < -0.4 is 26.0 Å². The zero-order valence-corrected chi connectivity index (χ0v) is 26.3. The zero-order valence-electron chi connectivity index (χ0n) is 26.3. The SMILES string of the molecule is Cc1cccc(C)c1NC(=O)c1cnc(Nc2ccc(N3CCN(C(C)C)CC3)cc2)nc1Oc1cccc(CCC(N)=O)c1. The molecule has 1 saturated heterocycles. The molecule has 234 valence electrons. The van der Waals surface area contributed by atoms with Crippen LogP contribution in [0.3, 0.4) is 0 Å². The largest absolute Gasteiger partial charge is 0.438 e. The smallest absolute Gasteiger partial charge is 0.262 e. The van der Waals surface area contributed by atoms with Gasteiger partial charge in [0, 0.05) is 61.9 Å². The Morgan fingerprint density at radius 3 is 2.31 bits per heavy atom. The normalized spacial score (nSPS) is 13.5. The molecule has 1 aliphatic heterocycles. The van der Waals surface area contributed by atoms with Crippen LogP contribution in [0, 0.1) is 13.8 Å². The summed E-state index contributed by atoms with van der Waals surface area (Å²) in [5.41, 5.74) is 11.0. The lowest BCUT2D eigenvalue weighted by molar-refractivity contribution is -0.118. The maximum absolute atomic E-state index is 13.5. The van der Waals surface area contributed by atoms with E-state index >= 15 is 0 Å². The fourth-order valence-corrected chi connectivity index (χ4v) is 5.38. The highest BCUT2D eigenvalue weighted by atomic mass is 16.5. The lowest BCUT2D eigenvalue weighted by atomic mass is 10.1. The summed E-state index contributed by atoms with van der Waals surface area (Å²) in [4.78, 5) is 38.8. The summed E-state index contributed by atoms with van der Waals surface area (Å²) in [7, 11) is 0. The highest BCUT2D eigenvalue weighted by molar-refractivity contribution is 6.06. The first-order chi connectivity index (χ1) is 21.7. The molecular weight excluding hydrogens is 566 g/mol. The van der Waals surface area contributed by atoms with E-state index in [1.807, 2.05) is 62.4 Å². The van der Waals surface area contributed by atoms with Gasteiger partial charge in [-0.15, -0.1) is 0 Å². The van der Waals surface area contributed by atoms with Gasteiger partial charge in [0.05, 0.1) is 0 Å². The summed E-state index contributed by atoms with van der Waals surface area (Å²) in [5.74, 6) is 0.102. The van der Waals surface area contributed by atoms with E-state index in [0.29, 0.717) is 18.2 Å². The highest BCUT2D eigenvalue weighted by Gasteiger charge is 2.21. The van der Waals surface area contributed by atoms with Crippen LogP contribution in [0.25, 0.3) is 0 Å². The van der Waals surface area contributed by atoms with Crippen LogP contribution in [-0.2, 0) is 11.2 Å². The Kier molecular flexibility index (Phi) is 9.94. The van der Waals surface area contributed by atoms with Crippen LogP contribution in [-0.4, -0.2) is 58.9 Å². The Hall–Kier alpha value is -4.96. The fourth-order valence-electron chi connectivity index (χ4n) is 5.38. The minimum atomic E-state index is -0.388. The Bertz CT molecular complexity index is 1630. The van der Waals surface area contributed by atoms with E-state index in [0.717, 1.165) is 54.2 Å². The minimum absolute atomic E-state index is 0.0999. The van der Waals surface area contributed by atoms with Gasteiger partial charge in [0.2, 0.25) is 17.7 Å². The second-order valence-electron chi connectivity index (χ2n) is 11.6. The first-order valence-corrected chi connectivity index (χ1v) is 15.3. The van der Waals surface area contributed by atoms with Gasteiger partial charge in [-0.3, -0.25) is 14.5 Å². The lowest BCUT2D eigenvalue weighted by Crippen LogP contribution is -2.48. The number of nitrogens with two attached hydrogens (primary N) is 1. The molecule has 4 aromatic rings.